The fourth-order valence-electron chi connectivity index (χ4n) is 3.17. The summed E-state index contributed by atoms with van der Waals surface area (Å²) in [7, 11) is 1.55. The molecular weight excluding hydrogens is 466 g/mol. The second-order valence-electron chi connectivity index (χ2n) is 7.04. The van der Waals surface area contributed by atoms with Crippen molar-refractivity contribution in [3.63, 3.8) is 0 Å². The zero-order valence-electron chi connectivity index (χ0n) is 18.0. The van der Waals surface area contributed by atoms with Crippen molar-refractivity contribution >= 4 is 40.8 Å². The molecule has 3 aromatic rings. The summed E-state index contributed by atoms with van der Waals surface area (Å²) in [5.41, 5.74) is 5.66. The number of carbonyl (C=O) groups is 1. The second-order valence-corrected chi connectivity index (χ2v) is 8.41. The van der Waals surface area contributed by atoms with Crippen molar-refractivity contribution in [1.82, 2.24) is 14.5 Å². The van der Waals surface area contributed by atoms with Crippen molar-refractivity contribution in [3.8, 4) is 0 Å². The fraction of sp³-hybridized carbons (Fsp3) is 0.273. The predicted octanol–water partition coefficient (Wildman–Crippen LogP) is 2.38. The van der Waals surface area contributed by atoms with Crippen molar-refractivity contribution in [2.45, 2.75) is 18.0 Å². The lowest BCUT2D eigenvalue weighted by Gasteiger charge is -2.24. The largest absolute Gasteiger partial charge is 0.385 e. The van der Waals surface area contributed by atoms with Gasteiger partial charge in [0.15, 0.2) is 5.69 Å². The molecule has 0 saturated carbocycles. The minimum atomic E-state index is -0.728. The number of hydrogen-bond donors (Lipinski definition) is 2. The Kier molecular flexibility index (Phi) is 8.70. The van der Waals surface area contributed by atoms with E-state index in [4.69, 9.17) is 22.1 Å². The van der Waals surface area contributed by atoms with Gasteiger partial charge in [-0.15, -0.1) is 0 Å². The quantitative estimate of drug-likeness (QED) is 0.331. The molecule has 0 bridgehead atoms. The molecule has 174 valence electrons. The number of amides is 1. The Bertz CT molecular complexity index is 1220. The monoisotopic (exact) mass is 489 g/mol. The van der Waals surface area contributed by atoms with Crippen LogP contribution in [0, 0.1) is 0 Å². The molecule has 3 rings (SSSR count). The predicted molar refractivity (Wildman–Crippen MR) is 130 cm³/mol. The summed E-state index contributed by atoms with van der Waals surface area (Å²) < 4.78 is 6.33. The van der Waals surface area contributed by atoms with E-state index in [0.29, 0.717) is 23.1 Å². The molecule has 0 aliphatic carbocycles. The molecule has 0 unspecified atom stereocenters. The van der Waals surface area contributed by atoms with E-state index in [0.717, 1.165) is 17.3 Å². The minimum absolute atomic E-state index is 0.0274. The van der Waals surface area contributed by atoms with Crippen LogP contribution in [0.5, 0.6) is 0 Å². The number of carbonyl (C=O) groups excluding carboxylic acids is 1. The number of benzene rings is 1. The Hall–Kier alpha value is -3.08. The van der Waals surface area contributed by atoms with Gasteiger partial charge < -0.3 is 15.4 Å². The molecular formula is C22H24ClN5O4S. The highest BCUT2D eigenvalue weighted by atomic mass is 35.5. The number of nitrogens with zero attached hydrogens (tertiary/aromatic N) is 3. The third-order valence-electron chi connectivity index (χ3n) is 4.76. The van der Waals surface area contributed by atoms with Gasteiger partial charge in [0.2, 0.25) is 5.91 Å². The Labute approximate surface area is 199 Å². The van der Waals surface area contributed by atoms with Crippen molar-refractivity contribution in [2.75, 3.05) is 36.6 Å². The third kappa shape index (κ3) is 6.25. The SMILES string of the molecule is COCCCN(C(=O)CSc1ncccc1Cl)c1c(N)n(Cc2ccccc2)c(=O)[nH]c1=O. The van der Waals surface area contributed by atoms with Gasteiger partial charge in [-0.1, -0.05) is 53.7 Å². The molecule has 0 saturated heterocycles. The molecule has 0 atom stereocenters. The van der Waals surface area contributed by atoms with Crippen LogP contribution in [0.3, 0.4) is 0 Å². The highest BCUT2D eigenvalue weighted by Gasteiger charge is 2.24. The molecule has 9 nitrogen and oxygen atoms in total. The third-order valence-corrected chi connectivity index (χ3v) is 6.16. The first-order valence-electron chi connectivity index (χ1n) is 10.1. The first-order valence-corrected chi connectivity index (χ1v) is 11.5. The van der Waals surface area contributed by atoms with Crippen LogP contribution in [0.15, 0.2) is 63.3 Å². The number of thioether (sulfide) groups is 1. The number of nitrogen functional groups attached to an aromatic ring is 1. The van der Waals surface area contributed by atoms with Gasteiger partial charge in [0.25, 0.3) is 5.56 Å². The maximum absolute atomic E-state index is 13.2. The van der Waals surface area contributed by atoms with Gasteiger partial charge in [-0.3, -0.25) is 19.1 Å². The number of nitrogens with one attached hydrogen (secondary N) is 1. The molecule has 1 aromatic carbocycles. The van der Waals surface area contributed by atoms with E-state index in [2.05, 4.69) is 9.97 Å². The fourth-order valence-corrected chi connectivity index (χ4v) is 4.22. The van der Waals surface area contributed by atoms with Gasteiger partial charge in [-0.25, -0.2) is 9.78 Å². The molecule has 2 heterocycles. The number of rotatable bonds is 10. The molecule has 0 aliphatic heterocycles. The summed E-state index contributed by atoms with van der Waals surface area (Å²) in [5.74, 6) is -0.486. The summed E-state index contributed by atoms with van der Waals surface area (Å²) in [6, 6.07) is 12.6. The number of nitrogens with two attached hydrogens (primary N) is 1. The number of methoxy groups -OCH3 is 1. The molecule has 2 aromatic heterocycles. The van der Waals surface area contributed by atoms with Gasteiger partial charge in [0.1, 0.15) is 10.8 Å². The Morgan fingerprint density at radius 3 is 2.70 bits per heavy atom. The molecule has 33 heavy (non-hydrogen) atoms. The Morgan fingerprint density at radius 1 is 1.24 bits per heavy atom. The first-order chi connectivity index (χ1) is 15.9. The number of pyridine rings is 1. The number of anilines is 2. The van der Waals surface area contributed by atoms with Crippen LogP contribution >= 0.6 is 23.4 Å². The van der Waals surface area contributed by atoms with Crippen LogP contribution in [0.4, 0.5) is 11.5 Å². The van der Waals surface area contributed by atoms with Crippen LogP contribution in [-0.4, -0.2) is 46.5 Å². The van der Waals surface area contributed by atoms with E-state index in [-0.39, 0.29) is 36.3 Å². The van der Waals surface area contributed by atoms with Gasteiger partial charge in [-0.05, 0) is 24.1 Å². The first kappa shape index (κ1) is 24.6. The summed E-state index contributed by atoms with van der Waals surface area (Å²) in [4.78, 5) is 46.2. The minimum Gasteiger partial charge on any atom is -0.385 e. The number of hydrogen-bond acceptors (Lipinski definition) is 7. The van der Waals surface area contributed by atoms with E-state index in [1.807, 2.05) is 30.3 Å². The topological polar surface area (TPSA) is 123 Å². The van der Waals surface area contributed by atoms with Crippen LogP contribution < -0.4 is 21.9 Å². The highest BCUT2D eigenvalue weighted by Crippen LogP contribution is 2.26. The van der Waals surface area contributed by atoms with Crippen LogP contribution in [0.2, 0.25) is 5.02 Å². The standard InChI is InChI=1S/C22H24ClN5O4S/c1-32-12-6-11-27(17(29)14-33-21-16(23)9-5-10-25-21)18-19(24)28(22(31)26-20(18)30)13-15-7-3-2-4-8-15/h2-5,7-10H,6,11-14,24H2,1H3,(H,26,30,31). The summed E-state index contributed by atoms with van der Waals surface area (Å²) in [6.45, 7) is 0.706. The number of aromatic amines is 1. The van der Waals surface area contributed by atoms with E-state index < -0.39 is 11.2 Å². The lowest BCUT2D eigenvalue weighted by Crippen LogP contribution is -2.42. The van der Waals surface area contributed by atoms with Gasteiger partial charge in [0, 0.05) is 26.5 Å². The summed E-state index contributed by atoms with van der Waals surface area (Å²) in [5, 5.41) is 0.926. The van der Waals surface area contributed by atoms with Crippen LogP contribution in [0.25, 0.3) is 0 Å². The van der Waals surface area contributed by atoms with Crippen molar-refractivity contribution in [3.05, 3.63) is 80.1 Å². The molecule has 11 heteroatoms. The van der Waals surface area contributed by atoms with Crippen LogP contribution in [-0.2, 0) is 16.1 Å². The van der Waals surface area contributed by atoms with E-state index in [9.17, 15) is 14.4 Å². The maximum atomic E-state index is 13.2. The normalized spacial score (nSPS) is 10.8. The highest BCUT2D eigenvalue weighted by molar-refractivity contribution is 8.00. The summed E-state index contributed by atoms with van der Waals surface area (Å²) in [6.07, 6.45) is 2.05. The lowest BCUT2D eigenvalue weighted by molar-refractivity contribution is -0.116. The molecule has 0 spiro atoms. The Morgan fingerprint density at radius 2 is 2.00 bits per heavy atom. The molecule has 0 aliphatic rings. The molecule has 1 amide bonds. The zero-order chi connectivity index (χ0) is 23.8. The Balaban J connectivity index is 1.94. The maximum Gasteiger partial charge on any atom is 0.330 e. The molecule has 0 fully saturated rings. The van der Waals surface area contributed by atoms with Crippen LogP contribution in [0.1, 0.15) is 12.0 Å². The van der Waals surface area contributed by atoms with E-state index in [1.54, 1.807) is 25.4 Å². The average molecular weight is 490 g/mol. The summed E-state index contributed by atoms with van der Waals surface area (Å²) >= 11 is 7.29. The number of halogens is 1. The number of ether oxygens (including phenoxy) is 1. The van der Waals surface area contributed by atoms with Gasteiger partial charge >= 0.3 is 5.69 Å². The number of H-pyrrole nitrogens is 1. The van der Waals surface area contributed by atoms with E-state index >= 15 is 0 Å². The average Bonchev–Trinajstić information content (AvgIpc) is 2.80. The van der Waals surface area contributed by atoms with Crippen molar-refractivity contribution in [2.24, 2.45) is 0 Å². The van der Waals surface area contributed by atoms with E-state index in [1.165, 1.54) is 9.47 Å². The van der Waals surface area contributed by atoms with Gasteiger partial charge in [0.05, 0.1) is 17.3 Å². The second kappa shape index (κ2) is 11.7. The van der Waals surface area contributed by atoms with Gasteiger partial charge in [-0.2, -0.15) is 0 Å². The number of aromatic nitrogens is 3. The lowest BCUT2D eigenvalue weighted by atomic mass is 10.2. The smallest absolute Gasteiger partial charge is 0.330 e. The molecule has 3 N–H and O–H groups in total. The zero-order valence-corrected chi connectivity index (χ0v) is 19.6. The molecule has 0 radical (unpaired) electrons. The van der Waals surface area contributed by atoms with Crippen molar-refractivity contribution < 1.29 is 9.53 Å². The van der Waals surface area contributed by atoms with Crippen molar-refractivity contribution in [1.29, 1.82) is 0 Å².